The molecule has 2 heterocycles. The molecule has 0 atom stereocenters. The molecule has 1 aliphatic heterocycles. The number of carbonyl (C=O) groups excluding carboxylic acids is 2. The van der Waals surface area contributed by atoms with Crippen LogP contribution in [0.2, 0.25) is 0 Å². The first-order valence-electron chi connectivity index (χ1n) is 8.55. The highest BCUT2D eigenvalue weighted by Crippen LogP contribution is 2.32. The normalized spacial score (nSPS) is 14.4. The highest BCUT2D eigenvalue weighted by atomic mass is 32.1. The van der Waals surface area contributed by atoms with Crippen LogP contribution in [-0.4, -0.2) is 59.6 Å². The number of carbonyl (C=O) groups is 2. The van der Waals surface area contributed by atoms with Crippen molar-refractivity contribution in [3.63, 3.8) is 0 Å². The fraction of sp³-hybridized carbons (Fsp3) is 0.389. The largest absolute Gasteiger partial charge is 0.450 e. The van der Waals surface area contributed by atoms with Crippen LogP contribution in [0.5, 0.6) is 0 Å². The molecule has 1 saturated heterocycles. The molecular weight excluding hydrogens is 376 g/mol. The number of ether oxygens (including phenoxy) is 1. The van der Waals surface area contributed by atoms with Crippen LogP contribution in [0.25, 0.3) is 10.6 Å². The molecule has 6 nitrogen and oxygen atoms in total. The second kappa shape index (κ2) is 7.99. The summed E-state index contributed by atoms with van der Waals surface area (Å²) in [5.74, 6) is -1.69. The van der Waals surface area contributed by atoms with E-state index < -0.39 is 17.7 Å². The minimum atomic E-state index is -0.717. The fourth-order valence-corrected chi connectivity index (χ4v) is 3.94. The van der Waals surface area contributed by atoms with Gasteiger partial charge in [0.25, 0.3) is 5.91 Å². The van der Waals surface area contributed by atoms with Crippen molar-refractivity contribution in [2.45, 2.75) is 13.8 Å². The lowest BCUT2D eigenvalue weighted by Crippen LogP contribution is -2.50. The van der Waals surface area contributed by atoms with Gasteiger partial charge in [0.2, 0.25) is 0 Å². The molecule has 1 aliphatic rings. The first-order valence-corrected chi connectivity index (χ1v) is 9.36. The highest BCUT2D eigenvalue weighted by Gasteiger charge is 2.28. The third-order valence-corrected chi connectivity index (χ3v) is 5.42. The van der Waals surface area contributed by atoms with E-state index >= 15 is 0 Å². The number of hydrogen-bond acceptors (Lipinski definition) is 5. The van der Waals surface area contributed by atoms with Crippen LogP contribution in [0, 0.1) is 18.6 Å². The minimum absolute atomic E-state index is 0.136. The Labute approximate surface area is 159 Å². The summed E-state index contributed by atoms with van der Waals surface area (Å²) in [5, 5.41) is 0.136. The maximum absolute atomic E-state index is 14.0. The lowest BCUT2D eigenvalue weighted by Gasteiger charge is -2.33. The van der Waals surface area contributed by atoms with E-state index in [0.29, 0.717) is 43.4 Å². The molecule has 0 unspecified atom stereocenters. The maximum Gasteiger partial charge on any atom is 0.409 e. The van der Waals surface area contributed by atoms with Crippen LogP contribution >= 0.6 is 11.3 Å². The molecule has 0 N–H and O–H groups in total. The van der Waals surface area contributed by atoms with Gasteiger partial charge in [0.15, 0.2) is 0 Å². The van der Waals surface area contributed by atoms with E-state index in [2.05, 4.69) is 4.98 Å². The Hall–Kier alpha value is -2.55. The van der Waals surface area contributed by atoms with Gasteiger partial charge in [-0.2, -0.15) is 0 Å². The van der Waals surface area contributed by atoms with Gasteiger partial charge >= 0.3 is 6.09 Å². The second-order valence-corrected chi connectivity index (χ2v) is 7.01. The summed E-state index contributed by atoms with van der Waals surface area (Å²) in [7, 11) is 0. The van der Waals surface area contributed by atoms with Crippen LogP contribution in [0.4, 0.5) is 13.6 Å². The molecule has 144 valence electrons. The molecule has 2 aromatic rings. The van der Waals surface area contributed by atoms with E-state index in [9.17, 15) is 18.4 Å². The number of aromatic nitrogens is 1. The Morgan fingerprint density at radius 3 is 2.33 bits per heavy atom. The number of halogens is 2. The number of aryl methyl sites for hydroxylation is 1. The Morgan fingerprint density at radius 2 is 1.74 bits per heavy atom. The topological polar surface area (TPSA) is 62.7 Å². The van der Waals surface area contributed by atoms with Crippen LogP contribution in [0.15, 0.2) is 18.2 Å². The lowest BCUT2D eigenvalue weighted by molar-refractivity contribution is 0.0573. The van der Waals surface area contributed by atoms with Crippen molar-refractivity contribution >= 4 is 23.3 Å². The molecule has 0 aliphatic carbocycles. The molecule has 1 aromatic carbocycles. The Balaban J connectivity index is 1.75. The number of rotatable bonds is 3. The van der Waals surface area contributed by atoms with Gasteiger partial charge < -0.3 is 14.5 Å². The van der Waals surface area contributed by atoms with Crippen molar-refractivity contribution in [2.75, 3.05) is 32.8 Å². The molecule has 1 fully saturated rings. The van der Waals surface area contributed by atoms with Crippen molar-refractivity contribution < 1.29 is 23.1 Å². The van der Waals surface area contributed by atoms with Gasteiger partial charge in [-0.15, -0.1) is 11.3 Å². The molecule has 3 rings (SSSR count). The third kappa shape index (κ3) is 3.92. The highest BCUT2D eigenvalue weighted by molar-refractivity contribution is 7.17. The van der Waals surface area contributed by atoms with E-state index in [1.807, 2.05) is 0 Å². The van der Waals surface area contributed by atoms with Gasteiger partial charge in [0.05, 0.1) is 17.9 Å². The fourth-order valence-electron chi connectivity index (χ4n) is 2.85. The molecule has 2 amide bonds. The summed E-state index contributed by atoms with van der Waals surface area (Å²) in [4.78, 5) is 32.3. The van der Waals surface area contributed by atoms with Crippen molar-refractivity contribution in [1.82, 2.24) is 14.8 Å². The number of benzene rings is 1. The average Bonchev–Trinajstić information content (AvgIpc) is 3.02. The molecule has 0 radical (unpaired) electrons. The van der Waals surface area contributed by atoms with E-state index in [-0.39, 0.29) is 16.5 Å². The molecule has 27 heavy (non-hydrogen) atoms. The molecule has 9 heteroatoms. The first kappa shape index (κ1) is 19.2. The summed E-state index contributed by atoms with van der Waals surface area (Å²) < 4.78 is 33.0. The predicted molar refractivity (Wildman–Crippen MR) is 96.7 cm³/mol. The SMILES string of the molecule is CCOC(=O)N1CCN(C(=O)c2sc(-c3c(F)cccc3F)nc2C)CC1. The molecule has 0 spiro atoms. The van der Waals surface area contributed by atoms with Crippen molar-refractivity contribution in [3.8, 4) is 10.6 Å². The summed E-state index contributed by atoms with van der Waals surface area (Å²) in [6.45, 7) is 5.14. The van der Waals surface area contributed by atoms with E-state index in [1.54, 1.807) is 23.6 Å². The number of thiazole rings is 1. The monoisotopic (exact) mass is 395 g/mol. The summed E-state index contributed by atoms with van der Waals surface area (Å²) >= 11 is 0.970. The summed E-state index contributed by atoms with van der Waals surface area (Å²) in [6.07, 6.45) is -0.393. The van der Waals surface area contributed by atoms with Crippen LogP contribution in [0.1, 0.15) is 22.3 Å². The zero-order valence-corrected chi connectivity index (χ0v) is 15.8. The maximum atomic E-state index is 14.0. The summed E-state index contributed by atoms with van der Waals surface area (Å²) in [6, 6.07) is 3.60. The zero-order chi connectivity index (χ0) is 19.6. The van der Waals surface area contributed by atoms with Gasteiger partial charge in [0, 0.05) is 26.2 Å². The second-order valence-electron chi connectivity index (χ2n) is 6.01. The molecule has 1 aromatic heterocycles. The molecular formula is C18H19F2N3O3S. The Morgan fingerprint density at radius 1 is 1.15 bits per heavy atom. The average molecular weight is 395 g/mol. The van der Waals surface area contributed by atoms with E-state index in [4.69, 9.17) is 4.74 Å². The van der Waals surface area contributed by atoms with Gasteiger partial charge in [0.1, 0.15) is 21.5 Å². The first-order chi connectivity index (χ1) is 12.9. The number of nitrogens with zero attached hydrogens (tertiary/aromatic N) is 3. The van der Waals surface area contributed by atoms with Gasteiger partial charge in [-0.1, -0.05) is 6.07 Å². The Kier molecular flexibility index (Phi) is 5.69. The summed E-state index contributed by atoms with van der Waals surface area (Å²) in [5.41, 5.74) is 0.201. The molecule has 0 bridgehead atoms. The predicted octanol–water partition coefficient (Wildman–Crippen LogP) is 3.31. The number of hydrogen-bond donors (Lipinski definition) is 0. The smallest absolute Gasteiger partial charge is 0.409 e. The van der Waals surface area contributed by atoms with Gasteiger partial charge in [-0.25, -0.2) is 18.6 Å². The molecule has 0 saturated carbocycles. The van der Waals surface area contributed by atoms with Gasteiger partial charge in [-0.05, 0) is 26.0 Å². The quantitative estimate of drug-likeness (QED) is 0.800. The van der Waals surface area contributed by atoms with E-state index in [0.717, 1.165) is 23.5 Å². The number of amides is 2. The van der Waals surface area contributed by atoms with Crippen LogP contribution in [0.3, 0.4) is 0 Å². The zero-order valence-electron chi connectivity index (χ0n) is 15.0. The Bertz CT molecular complexity index is 843. The van der Waals surface area contributed by atoms with Crippen LogP contribution in [-0.2, 0) is 4.74 Å². The minimum Gasteiger partial charge on any atom is -0.450 e. The number of piperazine rings is 1. The van der Waals surface area contributed by atoms with Crippen molar-refractivity contribution in [3.05, 3.63) is 40.4 Å². The van der Waals surface area contributed by atoms with Crippen LogP contribution < -0.4 is 0 Å². The standard InChI is InChI=1S/C18H19F2N3O3S/c1-3-26-18(25)23-9-7-22(8-10-23)17(24)15-11(2)21-16(27-15)14-12(19)5-4-6-13(14)20/h4-6H,3,7-10H2,1-2H3. The van der Waals surface area contributed by atoms with Crippen molar-refractivity contribution in [1.29, 1.82) is 0 Å². The van der Waals surface area contributed by atoms with Gasteiger partial charge in [-0.3, -0.25) is 4.79 Å². The lowest BCUT2D eigenvalue weighted by atomic mass is 10.2. The van der Waals surface area contributed by atoms with E-state index in [1.165, 1.54) is 6.07 Å². The van der Waals surface area contributed by atoms with Crippen molar-refractivity contribution in [2.24, 2.45) is 0 Å². The third-order valence-electron chi connectivity index (χ3n) is 4.26.